The van der Waals surface area contributed by atoms with Crippen LogP contribution in [-0.4, -0.2) is 10.2 Å². The van der Waals surface area contributed by atoms with Gasteiger partial charge in [0.05, 0.1) is 0 Å². The van der Waals surface area contributed by atoms with Gasteiger partial charge in [-0.1, -0.05) is 48.5 Å². The van der Waals surface area contributed by atoms with Gasteiger partial charge in [0.15, 0.2) is 0 Å². The molecule has 0 unspecified atom stereocenters. The van der Waals surface area contributed by atoms with Crippen molar-refractivity contribution in [3.63, 3.8) is 0 Å². The van der Waals surface area contributed by atoms with Crippen LogP contribution in [0.4, 0.5) is 0 Å². The maximum atomic E-state index is 2.46. The lowest BCUT2D eigenvalue weighted by atomic mass is 9.34. The number of rotatable bonds is 0. The third kappa shape index (κ3) is 0.662. The van der Waals surface area contributed by atoms with Crippen LogP contribution < -0.4 is 0 Å². The predicted octanol–water partition coefficient (Wildman–Crippen LogP) is 2.62. The highest BCUT2D eigenvalue weighted by molar-refractivity contribution is 6.17. The van der Waals surface area contributed by atoms with Crippen molar-refractivity contribution in [2.24, 2.45) is 16.2 Å². The molecule has 12 heavy (non-hydrogen) atoms. The Balaban J connectivity index is 3.16. The van der Waals surface area contributed by atoms with Crippen LogP contribution in [0.15, 0.2) is 0 Å². The van der Waals surface area contributed by atoms with Crippen LogP contribution in [0.5, 0.6) is 0 Å². The van der Waals surface area contributed by atoms with Crippen molar-refractivity contribution < 1.29 is 0 Å². The highest BCUT2D eigenvalue weighted by atomic mass is 28.1. The van der Waals surface area contributed by atoms with Crippen molar-refractivity contribution >= 4 is 10.2 Å². The summed E-state index contributed by atoms with van der Waals surface area (Å²) in [4.78, 5) is 0. The normalized spacial score (nSPS) is 34.2. The molecular weight excluding hydrogens is 160 g/mol. The van der Waals surface area contributed by atoms with Crippen molar-refractivity contribution in [3.05, 3.63) is 0 Å². The topological polar surface area (TPSA) is 0 Å². The van der Waals surface area contributed by atoms with Gasteiger partial charge in [0.1, 0.15) is 0 Å². The Bertz CT molecular complexity index is 145. The first-order valence-corrected chi connectivity index (χ1v) is 6.00. The molecular formula is C11H24Si. The van der Waals surface area contributed by atoms with Crippen LogP contribution >= 0.6 is 0 Å². The van der Waals surface area contributed by atoms with Crippen LogP contribution in [0.3, 0.4) is 0 Å². The monoisotopic (exact) mass is 184 g/mol. The molecule has 1 aliphatic rings. The Morgan fingerprint density at radius 1 is 0.583 bits per heavy atom. The van der Waals surface area contributed by atoms with E-state index in [4.69, 9.17) is 0 Å². The Morgan fingerprint density at radius 2 is 0.833 bits per heavy atom. The van der Waals surface area contributed by atoms with Crippen molar-refractivity contribution in [2.45, 2.75) is 53.5 Å². The molecule has 0 N–H and O–H groups in total. The van der Waals surface area contributed by atoms with Gasteiger partial charge >= 0.3 is 0 Å². The summed E-state index contributed by atoms with van der Waals surface area (Å²) in [6.07, 6.45) is 0. The summed E-state index contributed by atoms with van der Waals surface area (Å²) in [5.74, 6) is 0. The van der Waals surface area contributed by atoms with Crippen LogP contribution in [0.2, 0.25) is 5.04 Å². The smallest absolute Gasteiger partial charge is 0.0117 e. The molecule has 0 amide bonds. The molecule has 0 aromatic carbocycles. The highest BCUT2D eigenvalue weighted by Gasteiger charge is 2.70. The fraction of sp³-hybridized carbons (Fsp3) is 1.00. The van der Waals surface area contributed by atoms with E-state index in [9.17, 15) is 0 Å². The average Bonchev–Trinajstić information content (AvgIpc) is 1.84. The molecule has 0 nitrogen and oxygen atoms in total. The fourth-order valence-electron chi connectivity index (χ4n) is 3.06. The molecule has 72 valence electrons. The molecule has 1 heteroatoms. The Morgan fingerprint density at radius 3 is 0.917 bits per heavy atom. The Kier molecular flexibility index (Phi) is 1.71. The molecule has 1 rings (SSSR count). The van der Waals surface area contributed by atoms with Crippen LogP contribution in [0.1, 0.15) is 48.5 Å². The molecule has 1 aliphatic carbocycles. The van der Waals surface area contributed by atoms with Crippen molar-refractivity contribution in [2.75, 3.05) is 0 Å². The first-order chi connectivity index (χ1) is 5.00. The van der Waals surface area contributed by atoms with E-state index in [-0.39, 0.29) is 0 Å². The van der Waals surface area contributed by atoms with Crippen molar-refractivity contribution in [3.8, 4) is 0 Å². The summed E-state index contributed by atoms with van der Waals surface area (Å²) in [7, 11) is 1.30. The second-order valence-electron chi connectivity index (χ2n) is 6.50. The Labute approximate surface area is 80.6 Å². The van der Waals surface area contributed by atoms with Gasteiger partial charge < -0.3 is 0 Å². The lowest BCUT2D eigenvalue weighted by molar-refractivity contribution is -0.204. The van der Waals surface area contributed by atoms with Gasteiger partial charge in [0.2, 0.25) is 0 Å². The molecule has 0 saturated heterocycles. The highest BCUT2D eigenvalue weighted by Crippen LogP contribution is 2.80. The van der Waals surface area contributed by atoms with Crippen molar-refractivity contribution in [1.82, 2.24) is 0 Å². The summed E-state index contributed by atoms with van der Waals surface area (Å²) in [5, 5.41) is 0.587. The van der Waals surface area contributed by atoms with Gasteiger partial charge in [-0.15, -0.1) is 0 Å². The zero-order valence-electron chi connectivity index (χ0n) is 10.0. The molecule has 0 aromatic rings. The van der Waals surface area contributed by atoms with E-state index in [0.29, 0.717) is 21.3 Å². The van der Waals surface area contributed by atoms with Gasteiger partial charge in [-0.05, 0) is 21.3 Å². The minimum Gasteiger partial charge on any atom is -0.0619 e. The largest absolute Gasteiger partial charge is 0.0619 e. The van der Waals surface area contributed by atoms with Gasteiger partial charge in [-0.25, -0.2) is 0 Å². The molecule has 1 fully saturated rings. The first kappa shape index (κ1) is 10.3. The second kappa shape index (κ2) is 2.00. The van der Waals surface area contributed by atoms with E-state index in [0.717, 1.165) is 0 Å². The number of hydrogen-bond acceptors (Lipinski definition) is 0. The first-order valence-electron chi connectivity index (χ1n) is 5.00. The molecule has 0 radical (unpaired) electrons. The van der Waals surface area contributed by atoms with Crippen molar-refractivity contribution in [1.29, 1.82) is 0 Å². The summed E-state index contributed by atoms with van der Waals surface area (Å²) in [6, 6.07) is 0. The van der Waals surface area contributed by atoms with E-state index < -0.39 is 0 Å². The van der Waals surface area contributed by atoms with Crippen LogP contribution in [0.25, 0.3) is 0 Å². The maximum Gasteiger partial charge on any atom is 0.0117 e. The molecule has 0 aliphatic heterocycles. The minimum atomic E-state index is 0.483. The molecule has 0 heterocycles. The van der Waals surface area contributed by atoms with Crippen LogP contribution in [0, 0.1) is 16.2 Å². The van der Waals surface area contributed by atoms with E-state index >= 15 is 0 Å². The molecule has 1 saturated carbocycles. The maximum absolute atomic E-state index is 2.46. The van der Waals surface area contributed by atoms with Gasteiger partial charge in [0.25, 0.3) is 0 Å². The molecule has 0 bridgehead atoms. The van der Waals surface area contributed by atoms with Gasteiger partial charge in [-0.2, -0.15) is 0 Å². The zero-order chi connectivity index (χ0) is 10.0. The standard InChI is InChI=1S/C11H24Si/c1-8(2)9(3,4)11(7,12)10(8,5)6/h1-7,12H3. The molecule has 0 atom stereocenters. The SMILES string of the molecule is CC1(C)C(C)(C)C(C)([SiH3])C1(C)C. The fourth-order valence-corrected chi connectivity index (χ4v) is 4.31. The predicted molar refractivity (Wildman–Crippen MR) is 59.6 cm³/mol. The summed E-state index contributed by atoms with van der Waals surface area (Å²) in [5.41, 5.74) is 1.50. The van der Waals surface area contributed by atoms with Crippen LogP contribution in [-0.2, 0) is 0 Å². The van der Waals surface area contributed by atoms with Gasteiger partial charge in [0, 0.05) is 10.2 Å². The summed E-state index contributed by atoms with van der Waals surface area (Å²) >= 11 is 0. The molecule has 0 aromatic heterocycles. The third-order valence-electron chi connectivity index (χ3n) is 6.25. The Hall–Kier alpha value is 0.217. The lowest BCUT2D eigenvalue weighted by Gasteiger charge is -2.76. The van der Waals surface area contributed by atoms with E-state index in [1.54, 1.807) is 0 Å². The summed E-state index contributed by atoms with van der Waals surface area (Å²) < 4.78 is 0. The van der Waals surface area contributed by atoms with E-state index in [2.05, 4.69) is 48.5 Å². The average molecular weight is 184 g/mol. The van der Waals surface area contributed by atoms with Gasteiger partial charge in [-0.3, -0.25) is 0 Å². The minimum absolute atomic E-state index is 0.483. The quantitative estimate of drug-likeness (QED) is 0.508. The third-order valence-corrected chi connectivity index (χ3v) is 8.75. The molecule has 0 spiro atoms. The second-order valence-corrected chi connectivity index (χ2v) is 8.50. The summed E-state index contributed by atoms with van der Waals surface area (Å²) in [6.45, 7) is 17.1. The van der Waals surface area contributed by atoms with E-state index in [1.165, 1.54) is 10.2 Å². The zero-order valence-corrected chi connectivity index (χ0v) is 12.0. The van der Waals surface area contributed by atoms with E-state index in [1.807, 2.05) is 0 Å². The lowest BCUT2D eigenvalue weighted by Crippen LogP contribution is -2.68. The number of hydrogen-bond donors (Lipinski definition) is 0.